The molecule has 4 aromatic rings. The minimum atomic E-state index is -0.0970. The Morgan fingerprint density at radius 2 is 1.68 bits per heavy atom. The van der Waals surface area contributed by atoms with Gasteiger partial charge in [-0.15, -0.1) is 0 Å². The van der Waals surface area contributed by atoms with Crippen molar-refractivity contribution in [3.63, 3.8) is 0 Å². The van der Waals surface area contributed by atoms with Crippen LogP contribution in [-0.2, 0) is 0 Å². The third-order valence-electron chi connectivity index (χ3n) is 6.13. The highest BCUT2D eigenvalue weighted by molar-refractivity contribution is 5.70. The fourth-order valence-corrected chi connectivity index (χ4v) is 4.40. The standard InChI is InChI=1S/C23H27N7O/c1-5-27-6-8-28(9-7-27)21-14-30-22(31)11-19(26-23(30)17(4)25-21)18-10-20-16(3)24-15(2)12-29(20)13-18/h10-14H,5-9H2,1-4H3. The summed E-state index contributed by atoms with van der Waals surface area (Å²) >= 11 is 0. The maximum atomic E-state index is 13.0. The van der Waals surface area contributed by atoms with Crippen LogP contribution in [0.4, 0.5) is 5.82 Å². The Hall–Kier alpha value is -3.26. The largest absolute Gasteiger partial charge is 0.353 e. The van der Waals surface area contributed by atoms with E-state index >= 15 is 0 Å². The zero-order chi connectivity index (χ0) is 21.7. The van der Waals surface area contributed by atoms with Gasteiger partial charge < -0.3 is 14.2 Å². The summed E-state index contributed by atoms with van der Waals surface area (Å²) in [6, 6.07) is 3.64. The third kappa shape index (κ3) is 3.46. The molecule has 4 aromatic heterocycles. The van der Waals surface area contributed by atoms with E-state index in [1.807, 2.05) is 49.8 Å². The van der Waals surface area contributed by atoms with Gasteiger partial charge in [0.05, 0.1) is 34.5 Å². The van der Waals surface area contributed by atoms with E-state index in [1.165, 1.54) is 0 Å². The van der Waals surface area contributed by atoms with Gasteiger partial charge in [0.1, 0.15) is 5.82 Å². The first-order chi connectivity index (χ1) is 14.9. The molecule has 0 N–H and O–H groups in total. The second-order valence-electron chi connectivity index (χ2n) is 8.27. The summed E-state index contributed by atoms with van der Waals surface area (Å²) < 4.78 is 3.67. The molecule has 0 amide bonds. The lowest BCUT2D eigenvalue weighted by molar-refractivity contribution is 0.270. The van der Waals surface area contributed by atoms with Gasteiger partial charge in [-0.3, -0.25) is 14.2 Å². The Bertz CT molecular complexity index is 1350. The van der Waals surface area contributed by atoms with Crippen molar-refractivity contribution in [3.8, 4) is 11.3 Å². The molecular weight excluding hydrogens is 390 g/mol. The molecular formula is C23H27N7O. The average Bonchev–Trinajstić information content (AvgIpc) is 3.18. The summed E-state index contributed by atoms with van der Waals surface area (Å²) in [6.45, 7) is 13.0. The van der Waals surface area contributed by atoms with Gasteiger partial charge in [0.25, 0.3) is 5.56 Å². The van der Waals surface area contributed by atoms with Crippen LogP contribution in [0.1, 0.15) is 24.0 Å². The van der Waals surface area contributed by atoms with E-state index in [-0.39, 0.29) is 5.56 Å². The molecule has 1 fully saturated rings. The SMILES string of the molecule is CCN1CCN(c2cn3c(=O)cc(-c4cc5c(C)nc(C)cn5c4)nc3c(C)n2)CC1. The van der Waals surface area contributed by atoms with E-state index in [0.29, 0.717) is 11.3 Å². The second kappa shape index (κ2) is 7.46. The topological polar surface area (TPSA) is 71.0 Å². The van der Waals surface area contributed by atoms with E-state index < -0.39 is 0 Å². The van der Waals surface area contributed by atoms with Crippen molar-refractivity contribution in [2.24, 2.45) is 0 Å². The van der Waals surface area contributed by atoms with Crippen molar-refractivity contribution >= 4 is 17.0 Å². The van der Waals surface area contributed by atoms with E-state index in [9.17, 15) is 4.79 Å². The molecule has 0 unspecified atom stereocenters. The Morgan fingerprint density at radius 3 is 2.42 bits per heavy atom. The molecule has 31 heavy (non-hydrogen) atoms. The number of piperazine rings is 1. The van der Waals surface area contributed by atoms with Crippen LogP contribution in [0.25, 0.3) is 22.4 Å². The molecule has 1 aliphatic heterocycles. The summed E-state index contributed by atoms with van der Waals surface area (Å²) in [5.74, 6) is 0.837. The first-order valence-electron chi connectivity index (χ1n) is 10.8. The van der Waals surface area contributed by atoms with Crippen molar-refractivity contribution in [1.82, 2.24) is 28.7 Å². The van der Waals surface area contributed by atoms with Gasteiger partial charge in [0.2, 0.25) is 0 Å². The van der Waals surface area contributed by atoms with Crippen LogP contribution in [0.2, 0.25) is 0 Å². The number of hydrogen-bond donors (Lipinski definition) is 0. The number of likely N-dealkylation sites (N-methyl/N-ethyl adjacent to an activating group) is 1. The number of rotatable bonds is 3. The Balaban J connectivity index is 1.56. The van der Waals surface area contributed by atoms with Crippen molar-refractivity contribution in [3.05, 3.63) is 58.2 Å². The zero-order valence-electron chi connectivity index (χ0n) is 18.5. The summed E-state index contributed by atoms with van der Waals surface area (Å²) in [5.41, 5.74) is 5.72. The lowest BCUT2D eigenvalue weighted by Gasteiger charge is -2.34. The molecule has 0 bridgehead atoms. The number of aromatic nitrogens is 5. The van der Waals surface area contributed by atoms with E-state index in [4.69, 9.17) is 9.97 Å². The van der Waals surface area contributed by atoms with Crippen molar-refractivity contribution < 1.29 is 0 Å². The molecule has 160 valence electrons. The molecule has 0 saturated carbocycles. The molecule has 0 spiro atoms. The molecule has 0 aromatic carbocycles. The normalized spacial score (nSPS) is 15.3. The van der Waals surface area contributed by atoms with Crippen molar-refractivity contribution in [1.29, 1.82) is 0 Å². The Morgan fingerprint density at radius 1 is 0.903 bits per heavy atom. The Kier molecular flexibility index (Phi) is 4.74. The van der Waals surface area contributed by atoms with Crippen LogP contribution in [-0.4, -0.2) is 61.4 Å². The molecule has 1 saturated heterocycles. The van der Waals surface area contributed by atoms with Crippen LogP contribution in [0.3, 0.4) is 0 Å². The summed E-state index contributed by atoms with van der Waals surface area (Å²) in [6.07, 6.45) is 5.81. The van der Waals surface area contributed by atoms with Gasteiger partial charge in [0, 0.05) is 50.2 Å². The quantitative estimate of drug-likeness (QED) is 0.510. The fraction of sp³-hybridized carbons (Fsp3) is 0.391. The van der Waals surface area contributed by atoms with Crippen LogP contribution in [0.15, 0.2) is 35.5 Å². The smallest absolute Gasteiger partial charge is 0.258 e. The predicted octanol–water partition coefficient (Wildman–Crippen LogP) is 2.47. The van der Waals surface area contributed by atoms with E-state index in [1.54, 1.807) is 10.5 Å². The maximum absolute atomic E-state index is 13.0. The first-order valence-corrected chi connectivity index (χ1v) is 10.8. The molecule has 0 radical (unpaired) electrons. The van der Waals surface area contributed by atoms with Gasteiger partial charge in [0.15, 0.2) is 5.65 Å². The molecule has 8 heteroatoms. The molecule has 5 heterocycles. The van der Waals surface area contributed by atoms with Gasteiger partial charge in [-0.25, -0.2) is 9.97 Å². The number of aryl methyl sites for hydroxylation is 3. The van der Waals surface area contributed by atoms with Crippen molar-refractivity contribution in [2.75, 3.05) is 37.6 Å². The number of hydrogen-bond acceptors (Lipinski definition) is 6. The number of fused-ring (bicyclic) bond motifs is 2. The van der Waals surface area contributed by atoms with Gasteiger partial charge >= 0.3 is 0 Å². The summed E-state index contributed by atoms with van der Waals surface area (Å²) in [4.78, 5) is 31.8. The summed E-state index contributed by atoms with van der Waals surface area (Å²) in [5, 5.41) is 0. The summed E-state index contributed by atoms with van der Waals surface area (Å²) in [7, 11) is 0. The third-order valence-corrected chi connectivity index (χ3v) is 6.13. The van der Waals surface area contributed by atoms with Crippen LogP contribution < -0.4 is 10.5 Å². The molecule has 0 atom stereocenters. The minimum absolute atomic E-state index is 0.0970. The highest BCUT2D eigenvalue weighted by Gasteiger charge is 2.19. The maximum Gasteiger partial charge on any atom is 0.258 e. The minimum Gasteiger partial charge on any atom is -0.353 e. The van der Waals surface area contributed by atoms with Crippen molar-refractivity contribution in [2.45, 2.75) is 27.7 Å². The lowest BCUT2D eigenvalue weighted by Crippen LogP contribution is -2.46. The molecule has 5 rings (SSSR count). The average molecular weight is 418 g/mol. The monoisotopic (exact) mass is 417 g/mol. The van der Waals surface area contributed by atoms with Crippen LogP contribution in [0.5, 0.6) is 0 Å². The van der Waals surface area contributed by atoms with E-state index in [0.717, 1.165) is 66.7 Å². The zero-order valence-corrected chi connectivity index (χ0v) is 18.5. The molecule has 8 nitrogen and oxygen atoms in total. The van der Waals surface area contributed by atoms with Crippen LogP contribution in [0, 0.1) is 20.8 Å². The van der Waals surface area contributed by atoms with Gasteiger partial charge in [-0.2, -0.15) is 0 Å². The van der Waals surface area contributed by atoms with Gasteiger partial charge in [-0.1, -0.05) is 6.92 Å². The predicted molar refractivity (Wildman–Crippen MR) is 122 cm³/mol. The highest BCUT2D eigenvalue weighted by Crippen LogP contribution is 2.23. The number of anilines is 1. The lowest BCUT2D eigenvalue weighted by atomic mass is 10.2. The molecule has 1 aliphatic rings. The highest BCUT2D eigenvalue weighted by atomic mass is 16.1. The first kappa shape index (κ1) is 19.7. The fourth-order valence-electron chi connectivity index (χ4n) is 4.40. The van der Waals surface area contributed by atoms with E-state index in [2.05, 4.69) is 21.7 Å². The van der Waals surface area contributed by atoms with Gasteiger partial charge in [-0.05, 0) is 33.4 Å². The molecule has 0 aliphatic carbocycles. The second-order valence-corrected chi connectivity index (χ2v) is 8.27. The Labute approximate surface area is 180 Å². The number of nitrogens with zero attached hydrogens (tertiary/aromatic N) is 7. The van der Waals surface area contributed by atoms with Crippen LogP contribution >= 0.6 is 0 Å².